The Morgan fingerprint density at radius 3 is 1.25 bits per heavy atom. The van der Waals surface area contributed by atoms with Gasteiger partial charge in [0.1, 0.15) is 22.3 Å². The Hall–Kier alpha value is -8.66. The zero-order valence-electron chi connectivity index (χ0n) is 34.9. The fraction of sp³-hybridized carbons (Fsp3) is 0. The van der Waals surface area contributed by atoms with Gasteiger partial charge < -0.3 is 13.3 Å². The molecule has 65 heavy (non-hydrogen) atoms. The number of rotatable bonds is 3. The molecule has 0 aliphatic heterocycles. The maximum absolute atomic E-state index is 7.00. The van der Waals surface area contributed by atoms with Crippen molar-refractivity contribution in [2.45, 2.75) is 0 Å². The van der Waals surface area contributed by atoms with Crippen LogP contribution in [0.25, 0.3) is 153 Å². The molecule has 300 valence electrons. The molecule has 15 aromatic rings. The van der Waals surface area contributed by atoms with Gasteiger partial charge in [0.2, 0.25) is 0 Å². The van der Waals surface area contributed by atoms with Gasteiger partial charge in [-0.2, -0.15) is 0 Å². The summed E-state index contributed by atoms with van der Waals surface area (Å²) in [5.41, 5.74) is 12.2. The first-order valence-electron chi connectivity index (χ1n) is 22.3. The zero-order valence-corrected chi connectivity index (χ0v) is 34.9. The molecule has 0 aliphatic carbocycles. The van der Waals surface area contributed by atoms with Crippen molar-refractivity contribution >= 4 is 120 Å². The van der Waals surface area contributed by atoms with E-state index in [1.54, 1.807) is 0 Å². The molecule has 0 spiro atoms. The smallest absolute Gasteiger partial charge is 0.277 e. The van der Waals surface area contributed by atoms with Crippen LogP contribution in [0.4, 0.5) is 0 Å². The van der Waals surface area contributed by atoms with E-state index in [2.05, 4.69) is 206 Å². The molecule has 0 bridgehead atoms. The van der Waals surface area contributed by atoms with Crippen LogP contribution in [0.1, 0.15) is 0 Å². The van der Waals surface area contributed by atoms with Gasteiger partial charge in [-0.15, -0.1) is 0 Å². The third kappa shape index (κ3) is 4.95. The molecule has 15 rings (SSSR count). The Morgan fingerprint density at radius 2 is 0.677 bits per heavy atom. The van der Waals surface area contributed by atoms with Gasteiger partial charge in [-0.05, 0) is 114 Å². The summed E-state index contributed by atoms with van der Waals surface area (Å²) < 4.78 is 19.3. The van der Waals surface area contributed by atoms with E-state index in [9.17, 15) is 0 Å². The lowest BCUT2D eigenvalue weighted by Crippen LogP contribution is -1.91. The fourth-order valence-electron chi connectivity index (χ4n) is 11.1. The van der Waals surface area contributed by atoms with Crippen LogP contribution >= 0.6 is 0 Å². The van der Waals surface area contributed by atoms with E-state index in [4.69, 9.17) is 13.3 Å². The summed E-state index contributed by atoms with van der Waals surface area (Å²) >= 11 is 0. The first kappa shape index (κ1) is 34.9. The third-order valence-electron chi connectivity index (χ3n) is 14.0. The molecule has 12 aromatic carbocycles. The van der Waals surface area contributed by atoms with Crippen LogP contribution in [0.3, 0.4) is 0 Å². The van der Waals surface area contributed by atoms with Crippen molar-refractivity contribution in [3.63, 3.8) is 0 Å². The predicted octanol–water partition coefficient (Wildman–Crippen LogP) is 18.3. The van der Waals surface area contributed by atoms with E-state index in [-0.39, 0.29) is 0 Å². The van der Waals surface area contributed by atoms with Crippen molar-refractivity contribution < 1.29 is 13.3 Å². The lowest BCUT2D eigenvalue weighted by Gasteiger charge is -2.17. The van der Waals surface area contributed by atoms with E-state index >= 15 is 0 Å². The molecule has 0 unspecified atom stereocenters. The Morgan fingerprint density at radius 1 is 0.262 bits per heavy atom. The predicted molar refractivity (Wildman–Crippen MR) is 273 cm³/mol. The van der Waals surface area contributed by atoms with Gasteiger partial charge >= 0.3 is 0 Å². The Kier molecular flexibility index (Phi) is 6.95. The molecule has 0 radical (unpaired) electrons. The van der Waals surface area contributed by atoms with E-state index < -0.39 is 0 Å². The first-order valence-corrected chi connectivity index (χ1v) is 22.3. The summed E-state index contributed by atoms with van der Waals surface area (Å²) in [6, 6.07) is 74.7. The van der Waals surface area contributed by atoms with Crippen molar-refractivity contribution in [1.82, 2.24) is 0 Å². The third-order valence-corrected chi connectivity index (χ3v) is 14.0. The summed E-state index contributed by atoms with van der Waals surface area (Å²) in [4.78, 5) is 0. The van der Waals surface area contributed by atoms with Gasteiger partial charge in [-0.1, -0.05) is 152 Å². The minimum absolute atomic E-state index is 0.881. The monoisotopic (exact) mass is 827 g/mol. The Labute approximate surface area is 370 Å². The van der Waals surface area contributed by atoms with Gasteiger partial charge in [0.25, 0.3) is 11.2 Å². The maximum Gasteiger partial charge on any atom is 0.277 e. The van der Waals surface area contributed by atoms with Gasteiger partial charge in [0.05, 0.1) is 16.3 Å². The second kappa shape index (κ2) is 12.9. The standard InChI is InChI=1S/C62H34O3/c1-4-15-38-31-56-53(28-35(38)12-1)47-24-9-22-45(60(47)63-56)41-18-7-20-43-51(41)34-52-42(46-23-10-25-48-54-29-36-13-2-5-16-39(36)32-57(54)64-61(46)48)19-8-21-44(52)59(43)50-27-11-26-49-55-30-37-14-3-6-17-40(37)33-58(55)65-62(49)50/h1-34H/p+1. The van der Waals surface area contributed by atoms with Crippen molar-refractivity contribution in [3.8, 4) is 33.4 Å². The molecule has 1 N–H and O–H groups in total. The fourth-order valence-corrected chi connectivity index (χ4v) is 11.1. The average molecular weight is 828 g/mol. The largest absolute Gasteiger partial charge is 0.545 e. The van der Waals surface area contributed by atoms with Crippen LogP contribution in [0.2, 0.25) is 0 Å². The number of hydrogen-bond donors (Lipinski definition) is 0. The average Bonchev–Trinajstić information content (AvgIpc) is 4.03. The summed E-state index contributed by atoms with van der Waals surface area (Å²) in [6.07, 6.45) is 0. The van der Waals surface area contributed by atoms with Crippen LogP contribution in [0, 0.1) is 0 Å². The number of fused-ring (bicyclic) bond motifs is 14. The van der Waals surface area contributed by atoms with Gasteiger partial charge in [0.15, 0.2) is 0 Å². The highest BCUT2D eigenvalue weighted by Crippen LogP contribution is 2.49. The Balaban J connectivity index is 1.06. The molecule has 0 fully saturated rings. The van der Waals surface area contributed by atoms with Crippen molar-refractivity contribution in [2.75, 3.05) is 0 Å². The van der Waals surface area contributed by atoms with E-state index in [0.29, 0.717) is 0 Å². The van der Waals surface area contributed by atoms with Crippen LogP contribution in [-0.2, 0) is 0 Å². The minimum atomic E-state index is 0.881. The minimum Gasteiger partial charge on any atom is -0.545 e. The summed E-state index contributed by atoms with van der Waals surface area (Å²) in [7, 11) is 0. The first-order chi connectivity index (χ1) is 32.2. The highest BCUT2D eigenvalue weighted by Gasteiger charge is 2.24. The molecular formula is C62H35O3+. The van der Waals surface area contributed by atoms with Crippen LogP contribution in [0.5, 0.6) is 0 Å². The number of hydrogen-bond acceptors (Lipinski definition) is 2. The maximum atomic E-state index is 7.00. The number of furan rings is 3. The summed E-state index contributed by atoms with van der Waals surface area (Å²) in [5, 5.41) is 18.5. The number of para-hydroxylation sites is 3. The van der Waals surface area contributed by atoms with Crippen molar-refractivity contribution in [2.24, 2.45) is 0 Å². The molecule has 3 nitrogen and oxygen atoms in total. The SMILES string of the molecule is c1ccc2cc3c(cc2c1)oc1c(-c2cccc4c(-c5cccc6c5oc5cc7ccccc7cc56)c5cccc(-c6cccc7c6[oH+]c6cc8ccccc8cc67)c5cc24)cccc13. The highest BCUT2D eigenvalue weighted by atomic mass is 16.3. The zero-order chi connectivity index (χ0) is 42.3. The molecule has 3 heterocycles. The Bertz CT molecular complexity index is 4330. The molecular weight excluding hydrogens is 793 g/mol. The molecule has 0 atom stereocenters. The quantitative estimate of drug-likeness (QED) is 0.131. The second-order valence-electron chi connectivity index (χ2n) is 17.5. The lowest BCUT2D eigenvalue weighted by atomic mass is 9.85. The van der Waals surface area contributed by atoms with E-state index in [1.807, 2.05) is 0 Å². The van der Waals surface area contributed by atoms with Crippen molar-refractivity contribution in [3.05, 3.63) is 206 Å². The molecule has 3 aromatic heterocycles. The molecule has 0 saturated carbocycles. The molecule has 0 saturated heterocycles. The lowest BCUT2D eigenvalue weighted by molar-refractivity contribution is 0.670. The topological polar surface area (TPSA) is 39.1 Å². The summed E-state index contributed by atoms with van der Waals surface area (Å²) in [5.74, 6) is 0. The van der Waals surface area contributed by atoms with Crippen LogP contribution in [-0.4, -0.2) is 0 Å². The van der Waals surface area contributed by atoms with Gasteiger partial charge in [-0.3, -0.25) is 0 Å². The van der Waals surface area contributed by atoms with Crippen LogP contribution in [0.15, 0.2) is 220 Å². The number of benzene rings is 12. The molecule has 0 aliphatic rings. The van der Waals surface area contributed by atoms with Crippen molar-refractivity contribution in [1.29, 1.82) is 0 Å². The van der Waals surface area contributed by atoms with Gasteiger partial charge in [0, 0.05) is 44.3 Å². The molecule has 0 amide bonds. The highest BCUT2D eigenvalue weighted by molar-refractivity contribution is 6.25. The summed E-state index contributed by atoms with van der Waals surface area (Å²) in [6.45, 7) is 0. The van der Waals surface area contributed by atoms with Gasteiger partial charge in [-0.25, -0.2) is 0 Å². The molecule has 3 heteroatoms. The normalized spacial score (nSPS) is 12.3. The second-order valence-corrected chi connectivity index (χ2v) is 17.5. The van der Waals surface area contributed by atoms with E-state index in [0.717, 1.165) is 126 Å². The van der Waals surface area contributed by atoms with Crippen LogP contribution < -0.4 is 0 Å². The van der Waals surface area contributed by atoms with E-state index in [1.165, 1.54) is 26.9 Å².